The third kappa shape index (κ3) is 1.48. The maximum Gasteiger partial charge on any atom is 0.176 e. The summed E-state index contributed by atoms with van der Waals surface area (Å²) in [6.45, 7) is 4.46. The van der Waals surface area contributed by atoms with Gasteiger partial charge in [-0.25, -0.2) is 19.5 Å². The molecule has 0 aliphatic heterocycles. The van der Waals surface area contributed by atoms with E-state index in [4.69, 9.17) is 4.98 Å². The largest absolute Gasteiger partial charge is 0.241 e. The molecule has 4 aromatic rings. The summed E-state index contributed by atoms with van der Waals surface area (Å²) in [6.07, 6.45) is 6.85. The second kappa shape index (κ2) is 4.23. The van der Waals surface area contributed by atoms with E-state index in [1.807, 2.05) is 0 Å². The van der Waals surface area contributed by atoms with Gasteiger partial charge in [0.15, 0.2) is 5.65 Å². The molecule has 0 unspecified atom stereocenters. The van der Waals surface area contributed by atoms with Gasteiger partial charge in [-0.2, -0.15) is 5.10 Å². The lowest BCUT2D eigenvalue weighted by Crippen LogP contribution is -2.00. The molecule has 0 spiro atoms. The van der Waals surface area contributed by atoms with Gasteiger partial charge in [-0.1, -0.05) is 13.8 Å². The van der Waals surface area contributed by atoms with Gasteiger partial charge in [0.25, 0.3) is 0 Å². The zero-order chi connectivity index (χ0) is 14.8. The molecule has 1 aliphatic rings. The lowest BCUT2D eigenvalue weighted by atomic mass is 9.99. The highest BCUT2D eigenvalue weighted by atomic mass is 32.1. The Morgan fingerprint density at radius 1 is 1.18 bits per heavy atom. The Morgan fingerprint density at radius 3 is 2.91 bits per heavy atom. The van der Waals surface area contributed by atoms with Crippen LogP contribution in [0.15, 0.2) is 12.7 Å². The Bertz CT molecular complexity index is 1040. The summed E-state index contributed by atoms with van der Waals surface area (Å²) in [5.41, 5.74) is 6.12. The van der Waals surface area contributed by atoms with Crippen molar-refractivity contribution in [3.8, 4) is 0 Å². The predicted octanol–water partition coefficient (Wildman–Crippen LogP) is 3.50. The number of rotatable bonds is 1. The van der Waals surface area contributed by atoms with Gasteiger partial charge >= 0.3 is 0 Å². The Kier molecular flexibility index (Phi) is 2.39. The number of pyridine rings is 1. The molecule has 0 radical (unpaired) electrons. The fourth-order valence-electron chi connectivity index (χ4n) is 3.60. The highest BCUT2D eigenvalue weighted by Gasteiger charge is 2.25. The molecule has 0 fully saturated rings. The van der Waals surface area contributed by atoms with Crippen LogP contribution in [0.5, 0.6) is 0 Å². The quantitative estimate of drug-likeness (QED) is 0.540. The van der Waals surface area contributed by atoms with E-state index in [1.165, 1.54) is 28.6 Å². The van der Waals surface area contributed by atoms with Crippen LogP contribution in [0.3, 0.4) is 0 Å². The maximum absolute atomic E-state index is 5.00. The van der Waals surface area contributed by atoms with Crippen LogP contribution in [0.2, 0.25) is 0 Å². The van der Waals surface area contributed by atoms with Crippen molar-refractivity contribution >= 4 is 37.4 Å². The molecular weight excluding hydrogens is 294 g/mol. The van der Waals surface area contributed by atoms with Crippen LogP contribution in [0.4, 0.5) is 0 Å². The summed E-state index contributed by atoms with van der Waals surface area (Å²) >= 11 is 1.70. The normalized spacial score (nSPS) is 14.7. The topological polar surface area (TPSA) is 56.0 Å². The van der Waals surface area contributed by atoms with Gasteiger partial charge in [-0.15, -0.1) is 11.3 Å². The summed E-state index contributed by atoms with van der Waals surface area (Å²) in [4.78, 5) is 15.1. The minimum Gasteiger partial charge on any atom is -0.241 e. The van der Waals surface area contributed by atoms with Crippen molar-refractivity contribution in [1.29, 1.82) is 0 Å². The van der Waals surface area contributed by atoms with Gasteiger partial charge < -0.3 is 0 Å². The number of hydrogen-bond donors (Lipinski definition) is 0. The van der Waals surface area contributed by atoms with Crippen LogP contribution in [-0.4, -0.2) is 24.6 Å². The van der Waals surface area contributed by atoms with Gasteiger partial charge in [0.1, 0.15) is 22.2 Å². The number of hydrogen-bond acceptors (Lipinski definition) is 5. The van der Waals surface area contributed by atoms with Crippen LogP contribution in [-0.2, 0) is 12.8 Å². The molecule has 4 heterocycles. The highest BCUT2D eigenvalue weighted by molar-refractivity contribution is 7.26. The zero-order valence-electron chi connectivity index (χ0n) is 12.5. The number of aromatic nitrogens is 5. The fraction of sp³-hybridized carbons (Fsp3) is 0.375. The second-order valence-electron chi connectivity index (χ2n) is 6.20. The smallest absolute Gasteiger partial charge is 0.176 e. The van der Waals surface area contributed by atoms with E-state index in [0.29, 0.717) is 5.92 Å². The van der Waals surface area contributed by atoms with Crippen molar-refractivity contribution in [2.24, 2.45) is 0 Å². The molecule has 0 bridgehead atoms. The molecule has 1 aliphatic carbocycles. The van der Waals surface area contributed by atoms with Crippen molar-refractivity contribution in [2.45, 2.75) is 39.0 Å². The van der Waals surface area contributed by atoms with Crippen molar-refractivity contribution < 1.29 is 0 Å². The van der Waals surface area contributed by atoms with Crippen molar-refractivity contribution in [3.63, 3.8) is 0 Å². The first-order chi connectivity index (χ1) is 10.7. The predicted molar refractivity (Wildman–Crippen MR) is 87.6 cm³/mol. The monoisotopic (exact) mass is 309 g/mol. The van der Waals surface area contributed by atoms with E-state index >= 15 is 0 Å². The molecule has 0 atom stereocenters. The van der Waals surface area contributed by atoms with Crippen LogP contribution < -0.4 is 0 Å². The third-order valence-electron chi connectivity index (χ3n) is 4.53. The van der Waals surface area contributed by atoms with E-state index < -0.39 is 0 Å². The fourth-order valence-corrected chi connectivity index (χ4v) is 4.75. The molecule has 0 saturated heterocycles. The molecule has 22 heavy (non-hydrogen) atoms. The average Bonchev–Trinajstić information content (AvgIpc) is 3.21. The van der Waals surface area contributed by atoms with Crippen molar-refractivity contribution in [1.82, 2.24) is 24.6 Å². The first kappa shape index (κ1) is 12.5. The van der Waals surface area contributed by atoms with Crippen LogP contribution in [0.25, 0.3) is 26.1 Å². The summed E-state index contributed by atoms with van der Waals surface area (Å²) in [5, 5.41) is 5.44. The molecule has 0 saturated carbocycles. The first-order valence-electron chi connectivity index (χ1n) is 7.66. The lowest BCUT2D eigenvalue weighted by molar-refractivity contribution is 0.805. The number of fused-ring (bicyclic) bond motifs is 7. The zero-order valence-corrected chi connectivity index (χ0v) is 13.3. The summed E-state index contributed by atoms with van der Waals surface area (Å²) in [7, 11) is 0. The Morgan fingerprint density at radius 2 is 2.05 bits per heavy atom. The second-order valence-corrected chi connectivity index (χ2v) is 7.19. The average molecular weight is 309 g/mol. The molecule has 0 amide bonds. The molecular formula is C16H15N5S. The van der Waals surface area contributed by atoms with E-state index in [2.05, 4.69) is 28.9 Å². The third-order valence-corrected chi connectivity index (χ3v) is 5.60. The number of nitrogens with zero attached hydrogens (tertiary/aromatic N) is 5. The minimum atomic E-state index is 0.461. The molecule has 5 nitrogen and oxygen atoms in total. The van der Waals surface area contributed by atoms with Gasteiger partial charge in [-0.3, -0.25) is 0 Å². The van der Waals surface area contributed by atoms with E-state index in [9.17, 15) is 0 Å². The first-order valence-corrected chi connectivity index (χ1v) is 8.48. The van der Waals surface area contributed by atoms with Crippen LogP contribution in [0, 0.1) is 0 Å². The summed E-state index contributed by atoms with van der Waals surface area (Å²) in [5.74, 6) is 0.461. The molecule has 4 aromatic heterocycles. The van der Waals surface area contributed by atoms with Gasteiger partial charge in [0.05, 0.1) is 5.52 Å². The van der Waals surface area contributed by atoms with Gasteiger partial charge in [-0.05, 0) is 36.3 Å². The molecule has 5 rings (SSSR count). The van der Waals surface area contributed by atoms with E-state index in [1.54, 1.807) is 28.5 Å². The van der Waals surface area contributed by atoms with E-state index in [-0.39, 0.29) is 0 Å². The van der Waals surface area contributed by atoms with Crippen LogP contribution in [0.1, 0.15) is 43.0 Å². The van der Waals surface area contributed by atoms with E-state index in [0.717, 1.165) is 33.5 Å². The van der Waals surface area contributed by atoms with Crippen molar-refractivity contribution in [2.75, 3.05) is 0 Å². The minimum absolute atomic E-state index is 0.461. The van der Waals surface area contributed by atoms with Gasteiger partial charge in [0, 0.05) is 11.1 Å². The maximum atomic E-state index is 5.00. The van der Waals surface area contributed by atoms with Crippen molar-refractivity contribution in [3.05, 3.63) is 29.5 Å². The SMILES string of the molecule is CC(C)c1nc2sc3c(ncn4ncnc34)c2c2c1CCC2. The Labute approximate surface area is 131 Å². The summed E-state index contributed by atoms with van der Waals surface area (Å²) in [6, 6.07) is 0. The van der Waals surface area contributed by atoms with Crippen LogP contribution >= 0.6 is 11.3 Å². The molecule has 110 valence electrons. The molecule has 6 heteroatoms. The Hall–Kier alpha value is -2.08. The highest BCUT2D eigenvalue weighted by Crippen LogP contribution is 2.41. The molecule has 0 aromatic carbocycles. The summed E-state index contributed by atoms with van der Waals surface area (Å²) < 4.78 is 2.83. The Balaban J connectivity index is 2.00. The standard InChI is InChI=1S/C16H15N5S/c1-8(2)12-10-5-3-4-9(10)11-13-14(22-16(11)20-12)15-17-6-19-21(15)7-18-13/h6-8H,3-5H2,1-2H3. The van der Waals surface area contributed by atoms with Gasteiger partial charge in [0.2, 0.25) is 0 Å². The number of aryl methyl sites for hydroxylation is 1. The number of thiophene rings is 1. The lowest BCUT2D eigenvalue weighted by Gasteiger charge is -2.11. The molecule has 0 N–H and O–H groups in total.